The zero-order valence-electron chi connectivity index (χ0n) is 10.2. The van der Waals surface area contributed by atoms with Crippen molar-refractivity contribution in [3.05, 3.63) is 0 Å². The lowest BCUT2D eigenvalue weighted by molar-refractivity contribution is -0.0671. The monoisotopic (exact) mass is 195 g/mol. The molecule has 0 spiro atoms. The fraction of sp³-hybridized carbons (Fsp3) is 1.00. The zero-order valence-corrected chi connectivity index (χ0v) is 10.2. The summed E-state index contributed by atoms with van der Waals surface area (Å²) in [4.78, 5) is 2.77. The highest BCUT2D eigenvalue weighted by atomic mass is 15.3. The Kier molecular flexibility index (Phi) is 2.88. The first-order valence-electron chi connectivity index (χ1n) is 6.33. The van der Waals surface area contributed by atoms with Gasteiger partial charge in [-0.15, -0.1) is 0 Å². The van der Waals surface area contributed by atoms with Crippen molar-refractivity contribution in [1.29, 1.82) is 0 Å². The van der Waals surface area contributed by atoms with Gasteiger partial charge in [0.2, 0.25) is 0 Å². The minimum atomic E-state index is 0.843. The van der Waals surface area contributed by atoms with Crippen LogP contribution in [0.5, 0.6) is 0 Å². The number of hydrogen-bond acceptors (Lipinski definition) is 1. The van der Waals surface area contributed by atoms with Crippen LogP contribution in [-0.2, 0) is 0 Å². The number of fused-ring (bicyclic) bond motifs is 2. The van der Waals surface area contributed by atoms with Crippen molar-refractivity contribution in [2.75, 3.05) is 6.54 Å². The van der Waals surface area contributed by atoms with E-state index in [0.29, 0.717) is 0 Å². The maximum absolute atomic E-state index is 2.77. The topological polar surface area (TPSA) is 3.24 Å². The highest BCUT2D eigenvalue weighted by Crippen LogP contribution is 2.43. The lowest BCUT2D eigenvalue weighted by atomic mass is 9.69. The summed E-state index contributed by atoms with van der Waals surface area (Å²) in [7, 11) is 0. The van der Waals surface area contributed by atoms with Gasteiger partial charge in [0.25, 0.3) is 0 Å². The van der Waals surface area contributed by atoms with Crippen LogP contribution in [0.1, 0.15) is 47.0 Å². The summed E-state index contributed by atoms with van der Waals surface area (Å²) in [5.74, 6) is 2.76. The molecule has 3 rings (SSSR count). The maximum Gasteiger partial charge on any atom is 0.0116 e. The summed E-state index contributed by atoms with van der Waals surface area (Å²) in [6.07, 6.45) is 4.44. The largest absolute Gasteiger partial charge is 0.297 e. The summed E-state index contributed by atoms with van der Waals surface area (Å²) < 4.78 is 0. The van der Waals surface area contributed by atoms with Gasteiger partial charge in [0.15, 0.2) is 0 Å². The molecule has 2 aliphatic heterocycles. The Balaban J connectivity index is 1.86. The summed E-state index contributed by atoms with van der Waals surface area (Å²) in [5, 5.41) is 0. The second-order valence-electron chi connectivity index (χ2n) is 6.11. The molecule has 1 heteroatoms. The van der Waals surface area contributed by atoms with E-state index in [1.165, 1.54) is 25.8 Å². The Labute approximate surface area is 88.9 Å². The normalized spacial score (nSPS) is 37.7. The van der Waals surface area contributed by atoms with E-state index in [-0.39, 0.29) is 0 Å². The lowest BCUT2D eigenvalue weighted by Gasteiger charge is -2.57. The van der Waals surface area contributed by atoms with Crippen LogP contribution in [0.3, 0.4) is 0 Å². The van der Waals surface area contributed by atoms with Crippen molar-refractivity contribution < 1.29 is 0 Å². The van der Waals surface area contributed by atoms with Crippen molar-refractivity contribution >= 4 is 0 Å². The first-order chi connectivity index (χ1) is 6.58. The molecular formula is C13H25N. The fourth-order valence-electron chi connectivity index (χ4n) is 3.27. The number of piperidine rings is 1. The van der Waals surface area contributed by atoms with E-state index in [4.69, 9.17) is 0 Å². The molecule has 2 unspecified atom stereocenters. The third-order valence-corrected chi connectivity index (χ3v) is 4.15. The molecule has 1 saturated carbocycles. The molecule has 2 heterocycles. The van der Waals surface area contributed by atoms with E-state index in [1.54, 1.807) is 0 Å². The first kappa shape index (κ1) is 10.5. The summed E-state index contributed by atoms with van der Waals surface area (Å²) in [5.41, 5.74) is 0. The standard InChI is InChI=1S/C13H25N/c1-9(2)8-14-12-5-11(10(3)4)6-13(14)7-12/h9-13H,5-8H2,1-4H3. The molecule has 1 aliphatic carbocycles. The molecule has 0 radical (unpaired) electrons. The van der Waals surface area contributed by atoms with E-state index in [0.717, 1.165) is 29.8 Å². The lowest BCUT2D eigenvalue weighted by Crippen LogP contribution is -2.61. The highest BCUT2D eigenvalue weighted by Gasteiger charge is 2.45. The van der Waals surface area contributed by atoms with Gasteiger partial charge in [-0.3, -0.25) is 4.90 Å². The molecule has 0 N–H and O–H groups in total. The molecular weight excluding hydrogens is 170 g/mol. The molecule has 0 aromatic carbocycles. The third kappa shape index (κ3) is 1.84. The minimum Gasteiger partial charge on any atom is -0.297 e. The van der Waals surface area contributed by atoms with Gasteiger partial charge in [-0.25, -0.2) is 0 Å². The van der Waals surface area contributed by atoms with Crippen LogP contribution in [0.15, 0.2) is 0 Å². The SMILES string of the molecule is CC(C)CN1C2CC(C(C)C)CC1C2. The molecule has 0 aromatic heterocycles. The average Bonchev–Trinajstić information content (AvgIpc) is 2.14. The Morgan fingerprint density at radius 2 is 1.57 bits per heavy atom. The molecule has 14 heavy (non-hydrogen) atoms. The van der Waals surface area contributed by atoms with E-state index in [1.807, 2.05) is 0 Å². The predicted octanol–water partition coefficient (Wildman–Crippen LogP) is 3.15. The van der Waals surface area contributed by atoms with Crippen LogP contribution in [0.4, 0.5) is 0 Å². The quantitative estimate of drug-likeness (QED) is 0.668. The van der Waals surface area contributed by atoms with E-state index in [2.05, 4.69) is 32.6 Å². The van der Waals surface area contributed by atoms with Crippen LogP contribution in [-0.4, -0.2) is 23.5 Å². The Morgan fingerprint density at radius 3 is 2.00 bits per heavy atom. The number of rotatable bonds is 3. The van der Waals surface area contributed by atoms with Crippen LogP contribution < -0.4 is 0 Å². The van der Waals surface area contributed by atoms with Crippen molar-refractivity contribution in [2.24, 2.45) is 17.8 Å². The minimum absolute atomic E-state index is 0.843. The Hall–Kier alpha value is -0.0400. The first-order valence-corrected chi connectivity index (χ1v) is 6.33. The fourth-order valence-corrected chi connectivity index (χ4v) is 3.27. The van der Waals surface area contributed by atoms with Gasteiger partial charge >= 0.3 is 0 Å². The van der Waals surface area contributed by atoms with Crippen LogP contribution >= 0.6 is 0 Å². The van der Waals surface area contributed by atoms with Gasteiger partial charge < -0.3 is 0 Å². The summed E-state index contributed by atoms with van der Waals surface area (Å²) >= 11 is 0. The zero-order chi connectivity index (χ0) is 10.3. The predicted molar refractivity (Wildman–Crippen MR) is 61.3 cm³/mol. The molecule has 0 amide bonds. The Bertz CT molecular complexity index is 185. The molecule has 2 atom stereocenters. The van der Waals surface area contributed by atoms with E-state index in [9.17, 15) is 0 Å². The second-order valence-corrected chi connectivity index (χ2v) is 6.11. The van der Waals surface area contributed by atoms with Gasteiger partial charge in [-0.05, 0) is 37.0 Å². The smallest absolute Gasteiger partial charge is 0.0116 e. The van der Waals surface area contributed by atoms with Gasteiger partial charge in [0, 0.05) is 18.6 Å². The molecule has 3 fully saturated rings. The number of nitrogens with zero attached hydrogens (tertiary/aromatic N) is 1. The van der Waals surface area contributed by atoms with Gasteiger partial charge in [-0.2, -0.15) is 0 Å². The van der Waals surface area contributed by atoms with Crippen LogP contribution in [0.2, 0.25) is 0 Å². The second kappa shape index (κ2) is 3.84. The van der Waals surface area contributed by atoms with Crippen molar-refractivity contribution in [3.8, 4) is 0 Å². The molecule has 2 bridgehead atoms. The summed E-state index contributed by atoms with van der Waals surface area (Å²) in [6, 6.07) is 1.90. The summed E-state index contributed by atoms with van der Waals surface area (Å²) in [6.45, 7) is 10.8. The highest BCUT2D eigenvalue weighted by molar-refractivity contribution is 5.00. The van der Waals surface area contributed by atoms with Gasteiger partial charge in [0.1, 0.15) is 0 Å². The van der Waals surface area contributed by atoms with Crippen molar-refractivity contribution in [3.63, 3.8) is 0 Å². The van der Waals surface area contributed by atoms with Crippen molar-refractivity contribution in [2.45, 2.75) is 59.0 Å². The van der Waals surface area contributed by atoms with Crippen LogP contribution in [0.25, 0.3) is 0 Å². The number of hydrogen-bond donors (Lipinski definition) is 0. The van der Waals surface area contributed by atoms with Gasteiger partial charge in [-0.1, -0.05) is 27.7 Å². The average molecular weight is 195 g/mol. The molecule has 2 saturated heterocycles. The van der Waals surface area contributed by atoms with Crippen molar-refractivity contribution in [1.82, 2.24) is 4.90 Å². The third-order valence-electron chi connectivity index (χ3n) is 4.15. The molecule has 82 valence electrons. The molecule has 1 nitrogen and oxygen atoms in total. The van der Waals surface area contributed by atoms with Crippen LogP contribution in [0, 0.1) is 17.8 Å². The molecule has 0 aromatic rings. The Morgan fingerprint density at radius 1 is 1.00 bits per heavy atom. The van der Waals surface area contributed by atoms with E-state index < -0.39 is 0 Å². The van der Waals surface area contributed by atoms with Gasteiger partial charge in [0.05, 0.1) is 0 Å². The molecule has 3 aliphatic rings. The maximum atomic E-state index is 2.77. The van der Waals surface area contributed by atoms with E-state index >= 15 is 0 Å².